The van der Waals surface area contributed by atoms with Gasteiger partial charge in [-0.25, -0.2) is 4.98 Å². The zero-order valence-electron chi connectivity index (χ0n) is 18.3. The van der Waals surface area contributed by atoms with Crippen LogP contribution < -0.4 is 15.6 Å². The number of aromatic amines is 1. The van der Waals surface area contributed by atoms with Gasteiger partial charge in [-0.1, -0.05) is 41.9 Å². The topological polar surface area (TPSA) is 87.3 Å². The number of H-pyrrole nitrogens is 1. The van der Waals surface area contributed by atoms with E-state index in [1.807, 2.05) is 36.4 Å². The number of rotatable bonds is 5. The lowest BCUT2D eigenvalue weighted by atomic mass is 9.98. The summed E-state index contributed by atoms with van der Waals surface area (Å²) in [5.41, 5.74) is 2.13. The van der Waals surface area contributed by atoms with Gasteiger partial charge in [0.2, 0.25) is 0 Å². The summed E-state index contributed by atoms with van der Waals surface area (Å²) in [5, 5.41) is 4.07. The van der Waals surface area contributed by atoms with E-state index in [1.54, 1.807) is 36.7 Å². The number of pyridine rings is 2. The van der Waals surface area contributed by atoms with Crippen LogP contribution in [0.4, 0.5) is 5.82 Å². The van der Waals surface area contributed by atoms with Crippen LogP contribution in [0.3, 0.4) is 0 Å². The van der Waals surface area contributed by atoms with E-state index in [2.05, 4.69) is 20.2 Å². The molecule has 34 heavy (non-hydrogen) atoms. The van der Waals surface area contributed by atoms with Gasteiger partial charge in [0.1, 0.15) is 5.82 Å². The zero-order chi connectivity index (χ0) is 23.5. The van der Waals surface area contributed by atoms with E-state index in [0.717, 1.165) is 24.5 Å². The van der Waals surface area contributed by atoms with E-state index in [9.17, 15) is 9.59 Å². The van der Waals surface area contributed by atoms with Gasteiger partial charge in [-0.2, -0.15) is 0 Å². The Kier molecular flexibility index (Phi) is 6.29. The molecule has 0 saturated carbocycles. The maximum Gasteiger partial charge on any atom is 0.253 e. The summed E-state index contributed by atoms with van der Waals surface area (Å²) in [6, 6.07) is 17.4. The summed E-state index contributed by atoms with van der Waals surface area (Å²) < 4.78 is 5.38. The van der Waals surface area contributed by atoms with Gasteiger partial charge < -0.3 is 19.9 Å². The molecule has 1 fully saturated rings. The largest absolute Gasteiger partial charge is 0.378 e. The minimum Gasteiger partial charge on any atom is -0.378 e. The first-order chi connectivity index (χ1) is 16.6. The molecule has 7 nitrogen and oxygen atoms in total. The number of carbonyl (C=O) groups excluding carboxylic acids is 1. The molecule has 0 radical (unpaired) electrons. The molecule has 172 valence electrons. The molecule has 0 spiro atoms. The summed E-state index contributed by atoms with van der Waals surface area (Å²) in [4.78, 5) is 36.3. The lowest BCUT2D eigenvalue weighted by molar-refractivity contribution is 0.0942. The standard InChI is InChI=1S/C26H23ClN4O3/c27-19-7-8-20-22(14-19)28-16-21(25(20)32)24(17-4-2-1-3-5-17)30-26(33)18-6-9-23(29-15-18)31-10-12-34-13-11-31/h1-9,14-16,24H,10-13H2,(H,28,32)(H,30,33). The average molecular weight is 475 g/mol. The molecule has 5 rings (SSSR count). The molecule has 1 unspecified atom stereocenters. The van der Waals surface area contributed by atoms with Gasteiger partial charge in [-0.3, -0.25) is 9.59 Å². The van der Waals surface area contributed by atoms with Crippen molar-refractivity contribution in [2.45, 2.75) is 6.04 Å². The van der Waals surface area contributed by atoms with Gasteiger partial charge >= 0.3 is 0 Å². The number of benzene rings is 2. The van der Waals surface area contributed by atoms with Crippen LogP contribution >= 0.6 is 11.6 Å². The molecule has 8 heteroatoms. The molecular formula is C26H23ClN4O3. The van der Waals surface area contributed by atoms with Crippen LogP contribution in [0, 0.1) is 0 Å². The van der Waals surface area contributed by atoms with Crippen molar-refractivity contribution >= 4 is 34.2 Å². The number of hydrogen-bond acceptors (Lipinski definition) is 5. The Balaban J connectivity index is 1.46. The van der Waals surface area contributed by atoms with Crippen molar-refractivity contribution in [1.29, 1.82) is 0 Å². The fraction of sp³-hybridized carbons (Fsp3) is 0.192. The number of nitrogens with zero attached hydrogens (tertiary/aromatic N) is 2. The number of hydrogen-bond donors (Lipinski definition) is 2. The molecule has 1 aliphatic rings. The Morgan fingerprint density at radius 2 is 1.88 bits per heavy atom. The predicted molar refractivity (Wildman–Crippen MR) is 133 cm³/mol. The molecule has 2 aromatic heterocycles. The smallest absolute Gasteiger partial charge is 0.253 e. The van der Waals surface area contributed by atoms with Crippen LogP contribution in [0.1, 0.15) is 27.5 Å². The Bertz CT molecular complexity index is 1370. The fourth-order valence-electron chi connectivity index (χ4n) is 4.13. The molecule has 0 bridgehead atoms. The number of halogens is 1. The van der Waals surface area contributed by atoms with Crippen LogP contribution in [-0.2, 0) is 4.74 Å². The molecule has 4 aromatic rings. The monoisotopic (exact) mass is 474 g/mol. The number of carbonyl (C=O) groups is 1. The SMILES string of the molecule is O=C(NC(c1ccccc1)c1c[nH]c2cc(Cl)ccc2c1=O)c1ccc(N2CCOCC2)nc1. The van der Waals surface area contributed by atoms with Crippen LogP contribution in [0.15, 0.2) is 77.9 Å². The predicted octanol–water partition coefficient (Wildman–Crippen LogP) is 3.93. The van der Waals surface area contributed by atoms with Crippen molar-refractivity contribution in [1.82, 2.24) is 15.3 Å². The highest BCUT2D eigenvalue weighted by molar-refractivity contribution is 6.31. The Morgan fingerprint density at radius 3 is 2.62 bits per heavy atom. The second kappa shape index (κ2) is 9.67. The molecule has 1 atom stereocenters. The Hall–Kier alpha value is -3.68. The maximum atomic E-state index is 13.3. The molecule has 1 amide bonds. The van der Waals surface area contributed by atoms with Gasteiger partial charge in [0.15, 0.2) is 5.43 Å². The fourth-order valence-corrected chi connectivity index (χ4v) is 4.30. The maximum absolute atomic E-state index is 13.3. The van der Waals surface area contributed by atoms with Crippen molar-refractivity contribution in [3.05, 3.63) is 105 Å². The Morgan fingerprint density at radius 1 is 1.09 bits per heavy atom. The number of nitrogens with one attached hydrogen (secondary N) is 2. The van der Waals surface area contributed by atoms with Gasteiger partial charge in [-0.05, 0) is 35.9 Å². The first-order valence-corrected chi connectivity index (χ1v) is 11.4. The van der Waals surface area contributed by atoms with E-state index < -0.39 is 6.04 Å². The van der Waals surface area contributed by atoms with Gasteiger partial charge in [0.25, 0.3) is 5.91 Å². The number of amides is 1. The van der Waals surface area contributed by atoms with Crippen molar-refractivity contribution in [3.63, 3.8) is 0 Å². The molecular weight excluding hydrogens is 452 g/mol. The van der Waals surface area contributed by atoms with Crippen LogP contribution in [0.5, 0.6) is 0 Å². The first-order valence-electron chi connectivity index (χ1n) is 11.1. The van der Waals surface area contributed by atoms with Gasteiger partial charge in [0.05, 0.1) is 30.3 Å². The summed E-state index contributed by atoms with van der Waals surface area (Å²) in [6.07, 6.45) is 3.20. The second-order valence-electron chi connectivity index (χ2n) is 8.08. The van der Waals surface area contributed by atoms with Crippen LogP contribution in [-0.4, -0.2) is 42.2 Å². The minimum atomic E-state index is -0.642. The normalized spacial score (nSPS) is 14.7. The number of fused-ring (bicyclic) bond motifs is 1. The second-order valence-corrected chi connectivity index (χ2v) is 8.52. The number of anilines is 1. The first kappa shape index (κ1) is 22.1. The van der Waals surface area contributed by atoms with E-state index in [4.69, 9.17) is 16.3 Å². The third-order valence-electron chi connectivity index (χ3n) is 5.94. The van der Waals surface area contributed by atoms with Gasteiger partial charge in [-0.15, -0.1) is 0 Å². The summed E-state index contributed by atoms with van der Waals surface area (Å²) in [5.74, 6) is 0.495. The molecule has 2 aromatic carbocycles. The number of aromatic nitrogens is 2. The summed E-state index contributed by atoms with van der Waals surface area (Å²) in [7, 11) is 0. The van der Waals surface area contributed by atoms with Crippen LogP contribution in [0.25, 0.3) is 10.9 Å². The van der Waals surface area contributed by atoms with Crippen molar-refractivity contribution in [2.24, 2.45) is 0 Å². The lowest BCUT2D eigenvalue weighted by Crippen LogP contribution is -2.37. The lowest BCUT2D eigenvalue weighted by Gasteiger charge is -2.27. The van der Waals surface area contributed by atoms with Crippen molar-refractivity contribution in [3.8, 4) is 0 Å². The quantitative estimate of drug-likeness (QED) is 0.457. The molecule has 2 N–H and O–H groups in total. The molecule has 1 saturated heterocycles. The summed E-state index contributed by atoms with van der Waals surface area (Å²) in [6.45, 7) is 2.86. The highest BCUT2D eigenvalue weighted by atomic mass is 35.5. The number of morpholine rings is 1. The zero-order valence-corrected chi connectivity index (χ0v) is 19.1. The van der Waals surface area contributed by atoms with E-state index in [0.29, 0.717) is 40.3 Å². The van der Waals surface area contributed by atoms with Crippen molar-refractivity contribution < 1.29 is 9.53 Å². The van der Waals surface area contributed by atoms with Gasteiger partial charge in [0, 0.05) is 41.5 Å². The van der Waals surface area contributed by atoms with E-state index in [-0.39, 0.29) is 11.3 Å². The minimum absolute atomic E-state index is 0.166. The Labute approximate surface area is 201 Å². The summed E-state index contributed by atoms with van der Waals surface area (Å²) >= 11 is 6.07. The van der Waals surface area contributed by atoms with E-state index >= 15 is 0 Å². The van der Waals surface area contributed by atoms with Crippen LogP contribution in [0.2, 0.25) is 5.02 Å². The third kappa shape index (κ3) is 4.53. The van der Waals surface area contributed by atoms with Crippen molar-refractivity contribution in [2.75, 3.05) is 31.2 Å². The highest BCUT2D eigenvalue weighted by Gasteiger charge is 2.22. The van der Waals surface area contributed by atoms with E-state index in [1.165, 1.54) is 0 Å². The molecule has 1 aliphatic heterocycles. The number of ether oxygens (including phenoxy) is 1. The molecule has 3 heterocycles. The molecule has 0 aliphatic carbocycles. The highest BCUT2D eigenvalue weighted by Crippen LogP contribution is 2.23. The average Bonchev–Trinajstić information content (AvgIpc) is 2.89. The third-order valence-corrected chi connectivity index (χ3v) is 6.17.